The molecule has 3 nitrogen and oxygen atoms in total. The summed E-state index contributed by atoms with van der Waals surface area (Å²) in [6.07, 6.45) is 4.55. The second-order valence-electron chi connectivity index (χ2n) is 4.91. The molecule has 1 amide bonds. The van der Waals surface area contributed by atoms with Crippen molar-refractivity contribution < 1.29 is 4.79 Å². The molecular formula is C12H22N2OS. The van der Waals surface area contributed by atoms with Gasteiger partial charge in [-0.1, -0.05) is 32.5 Å². The summed E-state index contributed by atoms with van der Waals surface area (Å²) in [5.74, 6) is 0.284. The summed E-state index contributed by atoms with van der Waals surface area (Å²) in [7, 11) is 0. The fraction of sp³-hybridized carbons (Fsp3) is 0.833. The van der Waals surface area contributed by atoms with E-state index in [0.29, 0.717) is 11.4 Å². The van der Waals surface area contributed by atoms with E-state index in [-0.39, 0.29) is 11.3 Å². The molecule has 1 rings (SSSR count). The van der Waals surface area contributed by atoms with E-state index in [4.69, 9.17) is 18.0 Å². The first-order chi connectivity index (χ1) is 7.49. The van der Waals surface area contributed by atoms with Crippen LogP contribution in [0.2, 0.25) is 0 Å². The molecule has 1 saturated heterocycles. The summed E-state index contributed by atoms with van der Waals surface area (Å²) < 4.78 is 0. The molecule has 2 N–H and O–H groups in total. The number of thiocarbonyl (C=S) groups is 1. The van der Waals surface area contributed by atoms with Crippen LogP contribution < -0.4 is 5.73 Å². The van der Waals surface area contributed by atoms with Gasteiger partial charge in [-0.15, -0.1) is 0 Å². The Bertz CT molecular complexity index is 270. The molecule has 0 bridgehead atoms. The number of carbonyl (C=O) groups excluding carboxylic acids is 1. The molecule has 0 saturated carbocycles. The van der Waals surface area contributed by atoms with E-state index in [9.17, 15) is 4.79 Å². The largest absolute Gasteiger partial charge is 0.393 e. The number of unbranched alkanes of at least 4 members (excludes halogenated alkanes) is 1. The molecule has 16 heavy (non-hydrogen) atoms. The third-order valence-corrected chi connectivity index (χ3v) is 4.05. The molecule has 0 aromatic carbocycles. The fourth-order valence-corrected chi connectivity index (χ4v) is 2.19. The predicted octanol–water partition coefficient (Wildman–Crippen LogP) is 2.09. The maximum Gasteiger partial charge on any atom is 0.222 e. The van der Waals surface area contributed by atoms with Gasteiger partial charge < -0.3 is 10.6 Å². The van der Waals surface area contributed by atoms with Crippen molar-refractivity contribution in [1.29, 1.82) is 0 Å². The van der Waals surface area contributed by atoms with Crippen LogP contribution in [0.15, 0.2) is 0 Å². The third kappa shape index (κ3) is 3.17. The van der Waals surface area contributed by atoms with Gasteiger partial charge in [-0.3, -0.25) is 4.79 Å². The minimum atomic E-state index is -0.0448. The summed E-state index contributed by atoms with van der Waals surface area (Å²) in [5, 5.41) is 0. The van der Waals surface area contributed by atoms with Crippen LogP contribution in [0.5, 0.6) is 0 Å². The van der Waals surface area contributed by atoms with Crippen LogP contribution in [0.1, 0.15) is 46.0 Å². The van der Waals surface area contributed by atoms with Gasteiger partial charge in [-0.2, -0.15) is 0 Å². The van der Waals surface area contributed by atoms with E-state index >= 15 is 0 Å². The highest BCUT2D eigenvalue weighted by atomic mass is 32.1. The van der Waals surface area contributed by atoms with Gasteiger partial charge in [0, 0.05) is 24.9 Å². The summed E-state index contributed by atoms with van der Waals surface area (Å²) in [5.41, 5.74) is 5.69. The number of likely N-dealkylation sites (tertiary alicyclic amines) is 1. The van der Waals surface area contributed by atoms with Crippen molar-refractivity contribution in [2.45, 2.75) is 46.0 Å². The Morgan fingerprint density at radius 3 is 2.44 bits per heavy atom. The molecule has 1 heterocycles. The number of rotatable bonds is 4. The Kier molecular flexibility index (Phi) is 4.71. The Balaban J connectivity index is 2.42. The molecule has 0 aromatic rings. The molecule has 0 radical (unpaired) electrons. The molecule has 1 aliphatic heterocycles. The first-order valence-electron chi connectivity index (χ1n) is 6.07. The number of nitrogens with two attached hydrogens (primary N) is 1. The van der Waals surface area contributed by atoms with E-state index in [1.807, 2.05) is 4.90 Å². The predicted molar refractivity (Wildman–Crippen MR) is 70.2 cm³/mol. The smallest absolute Gasteiger partial charge is 0.222 e. The molecule has 1 fully saturated rings. The minimum Gasteiger partial charge on any atom is -0.393 e. The number of carbonyl (C=O) groups is 1. The summed E-state index contributed by atoms with van der Waals surface area (Å²) >= 11 is 5.08. The van der Waals surface area contributed by atoms with Crippen LogP contribution in [0, 0.1) is 5.41 Å². The Morgan fingerprint density at radius 2 is 2.00 bits per heavy atom. The highest BCUT2D eigenvalue weighted by Gasteiger charge is 2.33. The van der Waals surface area contributed by atoms with Crippen molar-refractivity contribution in [3.8, 4) is 0 Å². The monoisotopic (exact) mass is 242 g/mol. The quantitative estimate of drug-likeness (QED) is 0.768. The minimum absolute atomic E-state index is 0.0448. The van der Waals surface area contributed by atoms with Crippen molar-refractivity contribution in [2.24, 2.45) is 11.1 Å². The van der Waals surface area contributed by atoms with Crippen LogP contribution in [0.4, 0.5) is 0 Å². The van der Waals surface area contributed by atoms with E-state index in [0.717, 1.165) is 38.8 Å². The van der Waals surface area contributed by atoms with Crippen LogP contribution in [0.3, 0.4) is 0 Å². The van der Waals surface area contributed by atoms with Gasteiger partial charge in [-0.25, -0.2) is 0 Å². The van der Waals surface area contributed by atoms with Crippen LogP contribution >= 0.6 is 12.2 Å². The van der Waals surface area contributed by atoms with Crippen molar-refractivity contribution >= 4 is 23.1 Å². The van der Waals surface area contributed by atoms with Crippen LogP contribution in [-0.4, -0.2) is 28.9 Å². The molecule has 0 unspecified atom stereocenters. The Hall–Kier alpha value is -0.640. The van der Waals surface area contributed by atoms with Gasteiger partial charge in [0.05, 0.1) is 4.99 Å². The number of amides is 1. The molecule has 1 aliphatic rings. The van der Waals surface area contributed by atoms with Gasteiger partial charge in [0.15, 0.2) is 0 Å². The zero-order valence-electron chi connectivity index (χ0n) is 10.3. The number of piperidine rings is 1. The van der Waals surface area contributed by atoms with Gasteiger partial charge in [0.2, 0.25) is 5.91 Å². The number of hydrogen-bond acceptors (Lipinski definition) is 2. The molecule has 0 aliphatic carbocycles. The van der Waals surface area contributed by atoms with Gasteiger partial charge in [0.25, 0.3) is 0 Å². The molecule has 92 valence electrons. The maximum absolute atomic E-state index is 11.8. The third-order valence-electron chi connectivity index (χ3n) is 3.56. The molecule has 0 atom stereocenters. The van der Waals surface area contributed by atoms with Crippen molar-refractivity contribution in [1.82, 2.24) is 4.90 Å². The lowest BCUT2D eigenvalue weighted by Gasteiger charge is -2.38. The van der Waals surface area contributed by atoms with E-state index in [1.165, 1.54) is 0 Å². The van der Waals surface area contributed by atoms with E-state index in [1.54, 1.807) is 0 Å². The second kappa shape index (κ2) is 5.62. The first kappa shape index (κ1) is 13.4. The topological polar surface area (TPSA) is 46.3 Å². The molecule has 0 aromatic heterocycles. The highest BCUT2D eigenvalue weighted by molar-refractivity contribution is 7.80. The van der Waals surface area contributed by atoms with Crippen LogP contribution in [-0.2, 0) is 4.79 Å². The first-order valence-corrected chi connectivity index (χ1v) is 6.48. The number of hydrogen-bond donors (Lipinski definition) is 1. The SMILES string of the molecule is CCCCC(=O)N1CCC(C)(C(N)=S)CC1. The van der Waals surface area contributed by atoms with E-state index in [2.05, 4.69) is 13.8 Å². The molecule has 0 spiro atoms. The average molecular weight is 242 g/mol. The summed E-state index contributed by atoms with van der Waals surface area (Å²) in [6.45, 7) is 5.81. The zero-order valence-corrected chi connectivity index (χ0v) is 11.1. The van der Waals surface area contributed by atoms with Crippen LogP contribution in [0.25, 0.3) is 0 Å². The normalized spacial score (nSPS) is 19.5. The average Bonchev–Trinajstić information content (AvgIpc) is 2.26. The maximum atomic E-state index is 11.8. The summed E-state index contributed by atoms with van der Waals surface area (Å²) in [4.78, 5) is 14.3. The van der Waals surface area contributed by atoms with Gasteiger partial charge in [0.1, 0.15) is 0 Å². The fourth-order valence-electron chi connectivity index (χ4n) is 1.98. The van der Waals surface area contributed by atoms with Crippen molar-refractivity contribution in [3.05, 3.63) is 0 Å². The second-order valence-corrected chi connectivity index (χ2v) is 5.35. The van der Waals surface area contributed by atoms with Gasteiger partial charge >= 0.3 is 0 Å². The zero-order chi connectivity index (χ0) is 12.2. The standard InChI is InChI=1S/C12H22N2OS/c1-3-4-5-10(15)14-8-6-12(2,7-9-14)11(13)16/h3-9H2,1-2H3,(H2,13,16). The lowest BCUT2D eigenvalue weighted by molar-refractivity contribution is -0.132. The molecule has 4 heteroatoms. The molecular weight excluding hydrogens is 220 g/mol. The van der Waals surface area contributed by atoms with E-state index < -0.39 is 0 Å². The Labute approximate surface area is 103 Å². The summed E-state index contributed by atoms with van der Waals surface area (Å²) in [6, 6.07) is 0. The highest BCUT2D eigenvalue weighted by Crippen LogP contribution is 2.31. The lowest BCUT2D eigenvalue weighted by atomic mass is 9.80. The Morgan fingerprint density at radius 1 is 1.44 bits per heavy atom. The number of nitrogens with zero attached hydrogens (tertiary/aromatic N) is 1. The van der Waals surface area contributed by atoms with Crippen molar-refractivity contribution in [2.75, 3.05) is 13.1 Å². The van der Waals surface area contributed by atoms with Crippen molar-refractivity contribution in [3.63, 3.8) is 0 Å². The van der Waals surface area contributed by atoms with Gasteiger partial charge in [-0.05, 0) is 19.3 Å². The lowest BCUT2D eigenvalue weighted by Crippen LogP contribution is -2.46.